The Morgan fingerprint density at radius 1 is 1.41 bits per heavy atom. The fraction of sp³-hybridized carbons (Fsp3) is 0.692. The van der Waals surface area contributed by atoms with Crippen molar-refractivity contribution in [2.75, 3.05) is 19.6 Å². The molecule has 0 amide bonds. The molecule has 1 aliphatic rings. The van der Waals surface area contributed by atoms with Crippen LogP contribution in [-0.4, -0.2) is 30.6 Å². The molecule has 0 unspecified atom stereocenters. The lowest BCUT2D eigenvalue weighted by Crippen LogP contribution is -2.34. The van der Waals surface area contributed by atoms with Crippen LogP contribution in [0, 0.1) is 0 Å². The molecule has 1 heterocycles. The van der Waals surface area contributed by atoms with Crippen LogP contribution in [-0.2, 0) is 6.54 Å². The number of nitrogens with one attached hydrogen (secondary N) is 1. The van der Waals surface area contributed by atoms with Crippen LogP contribution in [0.3, 0.4) is 0 Å². The zero-order chi connectivity index (χ0) is 12.1. The number of nitrogens with zero attached hydrogens (tertiary/aromatic N) is 1. The van der Waals surface area contributed by atoms with Gasteiger partial charge >= 0.3 is 0 Å². The van der Waals surface area contributed by atoms with Crippen molar-refractivity contribution in [1.82, 2.24) is 10.2 Å². The van der Waals surface area contributed by atoms with E-state index in [2.05, 4.69) is 23.2 Å². The molecule has 1 fully saturated rings. The van der Waals surface area contributed by atoms with E-state index in [1.807, 2.05) is 6.07 Å². The second-order valence-corrected chi connectivity index (χ2v) is 6.45. The Morgan fingerprint density at radius 2 is 2.24 bits per heavy atom. The molecule has 2 rings (SSSR count). The predicted molar refractivity (Wildman–Crippen MR) is 75.9 cm³/mol. The van der Waals surface area contributed by atoms with Gasteiger partial charge in [0.1, 0.15) is 0 Å². The monoisotopic (exact) mass is 272 g/mol. The first kappa shape index (κ1) is 13.3. The summed E-state index contributed by atoms with van der Waals surface area (Å²) in [6, 6.07) is 4.95. The third-order valence-corrected chi connectivity index (χ3v) is 4.31. The van der Waals surface area contributed by atoms with Gasteiger partial charge in [-0.2, -0.15) is 0 Å². The van der Waals surface area contributed by atoms with Gasteiger partial charge in [-0.05, 0) is 37.9 Å². The first-order valence-electron chi connectivity index (χ1n) is 6.48. The first-order chi connectivity index (χ1) is 8.29. The summed E-state index contributed by atoms with van der Waals surface area (Å²) in [4.78, 5) is 3.94. The average Bonchev–Trinajstić information content (AvgIpc) is 3.07. The Morgan fingerprint density at radius 3 is 2.82 bits per heavy atom. The largest absolute Gasteiger partial charge is 0.311 e. The van der Waals surface area contributed by atoms with Gasteiger partial charge in [0.25, 0.3) is 0 Å². The van der Waals surface area contributed by atoms with Crippen molar-refractivity contribution in [1.29, 1.82) is 0 Å². The lowest BCUT2D eigenvalue weighted by Gasteiger charge is -2.21. The third-order valence-electron chi connectivity index (χ3n) is 3.08. The van der Waals surface area contributed by atoms with Crippen LogP contribution in [0.4, 0.5) is 0 Å². The third kappa shape index (κ3) is 4.59. The maximum absolute atomic E-state index is 5.90. The van der Waals surface area contributed by atoms with Crippen molar-refractivity contribution in [2.24, 2.45) is 0 Å². The normalized spacial score (nSPS) is 15.7. The summed E-state index contributed by atoms with van der Waals surface area (Å²) >= 11 is 7.56. The Kier molecular flexibility index (Phi) is 5.29. The fourth-order valence-corrected chi connectivity index (χ4v) is 3.14. The summed E-state index contributed by atoms with van der Waals surface area (Å²) in [6.45, 7) is 6.71. The topological polar surface area (TPSA) is 15.3 Å². The van der Waals surface area contributed by atoms with Crippen LogP contribution in [0.2, 0.25) is 4.34 Å². The first-order valence-corrected chi connectivity index (χ1v) is 7.68. The Hall–Kier alpha value is -0.0900. The molecule has 0 atom stereocenters. The van der Waals surface area contributed by atoms with Gasteiger partial charge < -0.3 is 5.32 Å². The molecule has 0 aromatic carbocycles. The maximum Gasteiger partial charge on any atom is 0.0931 e. The fourth-order valence-electron chi connectivity index (χ4n) is 2.08. The van der Waals surface area contributed by atoms with E-state index in [0.717, 1.165) is 23.5 Å². The summed E-state index contributed by atoms with van der Waals surface area (Å²) in [7, 11) is 0. The average molecular weight is 273 g/mol. The molecule has 4 heteroatoms. The highest BCUT2D eigenvalue weighted by atomic mass is 35.5. The number of thiophene rings is 1. The number of hydrogen-bond acceptors (Lipinski definition) is 3. The second kappa shape index (κ2) is 6.74. The lowest BCUT2D eigenvalue weighted by molar-refractivity contribution is 0.263. The highest BCUT2D eigenvalue weighted by Gasteiger charge is 2.27. The molecule has 17 heavy (non-hydrogen) atoms. The van der Waals surface area contributed by atoms with E-state index < -0.39 is 0 Å². The van der Waals surface area contributed by atoms with E-state index in [-0.39, 0.29) is 0 Å². The molecule has 0 saturated heterocycles. The van der Waals surface area contributed by atoms with Crippen molar-refractivity contribution in [2.45, 2.75) is 38.8 Å². The van der Waals surface area contributed by atoms with Gasteiger partial charge in [0.15, 0.2) is 0 Å². The number of halogens is 1. The van der Waals surface area contributed by atoms with Gasteiger partial charge in [0.2, 0.25) is 0 Å². The van der Waals surface area contributed by atoms with Gasteiger partial charge in [-0.25, -0.2) is 0 Å². The van der Waals surface area contributed by atoms with E-state index in [1.165, 1.54) is 37.2 Å². The van der Waals surface area contributed by atoms with Gasteiger partial charge in [0, 0.05) is 30.6 Å². The highest BCUT2D eigenvalue weighted by Crippen LogP contribution is 2.26. The second-order valence-electron chi connectivity index (χ2n) is 4.65. The predicted octanol–water partition coefficient (Wildman–Crippen LogP) is 3.37. The summed E-state index contributed by atoms with van der Waals surface area (Å²) in [5.41, 5.74) is 0. The molecule has 0 bridgehead atoms. The standard InChI is InChI=1S/C13H21ClN2S/c1-2-8-16(11-3-4-11)9-7-15-10-12-5-6-13(14)17-12/h5-6,11,15H,2-4,7-10H2,1H3. The Labute approximate surface area is 113 Å². The van der Waals surface area contributed by atoms with Crippen LogP contribution in [0.1, 0.15) is 31.1 Å². The maximum atomic E-state index is 5.90. The van der Waals surface area contributed by atoms with Gasteiger partial charge in [0.05, 0.1) is 4.34 Å². The van der Waals surface area contributed by atoms with Crippen molar-refractivity contribution in [3.8, 4) is 0 Å². The van der Waals surface area contributed by atoms with E-state index in [9.17, 15) is 0 Å². The van der Waals surface area contributed by atoms with Crippen molar-refractivity contribution >= 4 is 22.9 Å². The van der Waals surface area contributed by atoms with Gasteiger partial charge in [-0.1, -0.05) is 18.5 Å². The highest BCUT2D eigenvalue weighted by molar-refractivity contribution is 7.16. The van der Waals surface area contributed by atoms with Crippen LogP contribution in [0.25, 0.3) is 0 Å². The minimum absolute atomic E-state index is 0.882. The molecule has 0 radical (unpaired) electrons. The molecule has 96 valence electrons. The molecule has 1 aromatic heterocycles. The summed E-state index contributed by atoms with van der Waals surface area (Å²) < 4.78 is 0.882. The number of hydrogen-bond donors (Lipinski definition) is 1. The Bertz CT molecular complexity index is 336. The molecule has 1 aliphatic carbocycles. The van der Waals surface area contributed by atoms with Crippen LogP contribution < -0.4 is 5.32 Å². The minimum atomic E-state index is 0.882. The quantitative estimate of drug-likeness (QED) is 0.730. The Balaban J connectivity index is 1.61. The summed E-state index contributed by atoms with van der Waals surface area (Å²) in [5, 5.41) is 3.50. The minimum Gasteiger partial charge on any atom is -0.311 e. The molecular formula is C13H21ClN2S. The van der Waals surface area contributed by atoms with Crippen molar-refractivity contribution < 1.29 is 0 Å². The zero-order valence-corrected chi connectivity index (χ0v) is 12.0. The molecule has 1 N–H and O–H groups in total. The SMILES string of the molecule is CCCN(CCNCc1ccc(Cl)s1)C1CC1. The van der Waals surface area contributed by atoms with Crippen LogP contribution in [0.15, 0.2) is 12.1 Å². The molecule has 1 saturated carbocycles. The molecule has 0 spiro atoms. The van der Waals surface area contributed by atoms with E-state index in [0.29, 0.717) is 0 Å². The smallest absolute Gasteiger partial charge is 0.0931 e. The van der Waals surface area contributed by atoms with Crippen molar-refractivity contribution in [3.63, 3.8) is 0 Å². The van der Waals surface area contributed by atoms with E-state index >= 15 is 0 Å². The van der Waals surface area contributed by atoms with Crippen molar-refractivity contribution in [3.05, 3.63) is 21.3 Å². The van der Waals surface area contributed by atoms with E-state index in [1.54, 1.807) is 11.3 Å². The van der Waals surface area contributed by atoms with Gasteiger partial charge in [-0.15, -0.1) is 11.3 Å². The van der Waals surface area contributed by atoms with Crippen LogP contribution in [0.5, 0.6) is 0 Å². The zero-order valence-electron chi connectivity index (χ0n) is 10.4. The molecule has 2 nitrogen and oxygen atoms in total. The summed E-state index contributed by atoms with van der Waals surface area (Å²) in [5.74, 6) is 0. The lowest BCUT2D eigenvalue weighted by atomic mass is 10.3. The summed E-state index contributed by atoms with van der Waals surface area (Å²) in [6.07, 6.45) is 4.07. The molecule has 0 aliphatic heterocycles. The molecular weight excluding hydrogens is 252 g/mol. The van der Waals surface area contributed by atoms with Crippen LogP contribution >= 0.6 is 22.9 Å². The van der Waals surface area contributed by atoms with Gasteiger partial charge in [-0.3, -0.25) is 4.90 Å². The van der Waals surface area contributed by atoms with E-state index in [4.69, 9.17) is 11.6 Å². The number of rotatable bonds is 8. The molecule has 1 aromatic rings.